The number of hydrogen-bond donors (Lipinski definition) is 1. The highest BCUT2D eigenvalue weighted by Gasteiger charge is 2.42. The van der Waals surface area contributed by atoms with Crippen molar-refractivity contribution < 1.29 is 8.83 Å². The molecule has 1 aliphatic rings. The van der Waals surface area contributed by atoms with E-state index in [9.17, 15) is 5.26 Å². The second-order valence-corrected chi connectivity index (χ2v) is 18.4. The van der Waals surface area contributed by atoms with Crippen LogP contribution in [0.25, 0.3) is 98.9 Å². The number of benzene rings is 7. The van der Waals surface area contributed by atoms with E-state index in [2.05, 4.69) is 165 Å². The summed E-state index contributed by atoms with van der Waals surface area (Å²) in [7, 11) is 0. The van der Waals surface area contributed by atoms with Crippen LogP contribution in [0, 0.1) is 11.3 Å². The first-order valence-corrected chi connectivity index (χ1v) is 20.6. The van der Waals surface area contributed by atoms with Gasteiger partial charge in [0.05, 0.1) is 39.0 Å². The number of nitrogens with zero attached hydrogens (tertiary/aromatic N) is 3. The lowest BCUT2D eigenvalue weighted by Crippen LogP contribution is -2.27. The van der Waals surface area contributed by atoms with Gasteiger partial charge in [0.25, 0.3) is 0 Å². The minimum absolute atomic E-state index is 0.0628. The summed E-state index contributed by atoms with van der Waals surface area (Å²) in [5, 5.41) is 24.3. The van der Waals surface area contributed by atoms with Crippen LogP contribution in [0.3, 0.4) is 0 Å². The average molecular weight is 767 g/mol. The molecule has 286 valence electrons. The Labute approximate surface area is 340 Å². The van der Waals surface area contributed by atoms with Gasteiger partial charge in [-0.05, 0) is 58.4 Å². The lowest BCUT2D eigenvalue weighted by Gasteiger charge is -2.36. The van der Waals surface area contributed by atoms with Gasteiger partial charge in [0, 0.05) is 61.2 Å². The van der Waals surface area contributed by atoms with Gasteiger partial charge in [0.2, 0.25) is 0 Å². The third kappa shape index (κ3) is 4.59. The molecule has 0 amide bonds. The first-order chi connectivity index (χ1) is 28.5. The van der Waals surface area contributed by atoms with Gasteiger partial charge in [-0.3, -0.25) is 0 Å². The topological polar surface area (TPSA) is 81.9 Å². The number of nitrogens with one attached hydrogen (secondary N) is 1. The monoisotopic (exact) mass is 766 g/mol. The van der Waals surface area contributed by atoms with Gasteiger partial charge >= 0.3 is 0 Å². The standard InChI is InChI=1S/C53H42N4O2/c1-52(2,3)44-37(27-54)46(56-39-19-11-7-15-29(39)33-23-25-35-31-17-9-13-21-41(31)58-50(35)47(33)56)45(53(4,5)6)49(43(44)38-28-55-38)57-40-20-12-8-16-30(40)34-24-26-36-32-18-10-14-22-42(32)59-51(36)48(34)57/h7-26,38,55H,28H2,1-6H3. The minimum atomic E-state index is -0.463. The molecule has 6 heteroatoms. The summed E-state index contributed by atoms with van der Waals surface area (Å²) in [6.07, 6.45) is 0. The van der Waals surface area contributed by atoms with Crippen molar-refractivity contribution in [2.24, 2.45) is 0 Å². The predicted molar refractivity (Wildman–Crippen MR) is 243 cm³/mol. The molecule has 1 aliphatic heterocycles. The Hall–Kier alpha value is -6.81. The zero-order valence-electron chi connectivity index (χ0n) is 34.0. The number of nitriles is 1. The van der Waals surface area contributed by atoms with Crippen LogP contribution in [0.15, 0.2) is 130 Å². The fraction of sp³-hybridized carbons (Fsp3) is 0.189. The summed E-state index contributed by atoms with van der Waals surface area (Å²) in [5.41, 5.74) is 12.6. The fourth-order valence-corrected chi connectivity index (χ4v) is 10.3. The van der Waals surface area contributed by atoms with Gasteiger partial charge in [-0.1, -0.05) is 126 Å². The van der Waals surface area contributed by atoms with Crippen molar-refractivity contribution in [3.63, 3.8) is 0 Å². The summed E-state index contributed by atoms with van der Waals surface area (Å²) in [6.45, 7) is 14.5. The van der Waals surface area contributed by atoms with E-state index >= 15 is 0 Å². The van der Waals surface area contributed by atoms with Crippen molar-refractivity contribution in [3.8, 4) is 17.4 Å². The molecule has 0 aliphatic carbocycles. The lowest BCUT2D eigenvalue weighted by molar-refractivity contribution is 0.563. The number of fused-ring (bicyclic) bond motifs is 14. The van der Waals surface area contributed by atoms with E-state index in [0.29, 0.717) is 5.56 Å². The molecule has 4 aromatic heterocycles. The summed E-state index contributed by atoms with van der Waals surface area (Å²) in [5.74, 6) is 0. The first-order valence-electron chi connectivity index (χ1n) is 20.6. The molecule has 0 radical (unpaired) electrons. The predicted octanol–water partition coefficient (Wildman–Crippen LogP) is 13.8. The molecule has 0 spiro atoms. The van der Waals surface area contributed by atoms with Crippen molar-refractivity contribution >= 4 is 87.5 Å². The van der Waals surface area contributed by atoms with Crippen LogP contribution in [0.2, 0.25) is 0 Å². The highest BCUT2D eigenvalue weighted by Crippen LogP contribution is 2.52. The van der Waals surface area contributed by atoms with E-state index in [1.54, 1.807) is 0 Å². The summed E-state index contributed by atoms with van der Waals surface area (Å²) in [4.78, 5) is 0. The maximum atomic E-state index is 11.8. The summed E-state index contributed by atoms with van der Waals surface area (Å²) >= 11 is 0. The molecule has 1 atom stereocenters. The second-order valence-electron chi connectivity index (χ2n) is 18.4. The molecule has 5 heterocycles. The van der Waals surface area contributed by atoms with Crippen LogP contribution in [0.1, 0.15) is 69.8 Å². The number of hydrogen-bond acceptors (Lipinski definition) is 4. The van der Waals surface area contributed by atoms with E-state index in [1.165, 1.54) is 5.56 Å². The molecule has 1 fully saturated rings. The molecular formula is C53H42N4O2. The number of aromatic nitrogens is 2. The van der Waals surface area contributed by atoms with Crippen molar-refractivity contribution in [1.82, 2.24) is 14.5 Å². The maximum Gasteiger partial charge on any atom is 0.160 e. The van der Waals surface area contributed by atoms with Gasteiger partial charge < -0.3 is 23.3 Å². The highest BCUT2D eigenvalue weighted by molar-refractivity contribution is 6.23. The van der Waals surface area contributed by atoms with Crippen LogP contribution in [0.4, 0.5) is 0 Å². The Bertz CT molecular complexity index is 3660. The van der Waals surface area contributed by atoms with Gasteiger partial charge in [-0.2, -0.15) is 5.26 Å². The molecule has 0 saturated carbocycles. The normalized spacial score (nSPS) is 15.0. The Morgan fingerprint density at radius 1 is 0.525 bits per heavy atom. The Kier molecular flexibility index (Phi) is 6.77. The fourth-order valence-electron chi connectivity index (χ4n) is 10.3. The smallest absolute Gasteiger partial charge is 0.160 e. The van der Waals surface area contributed by atoms with Crippen LogP contribution in [-0.4, -0.2) is 15.7 Å². The summed E-state index contributed by atoms with van der Waals surface area (Å²) in [6, 6.07) is 45.8. The van der Waals surface area contributed by atoms with E-state index in [-0.39, 0.29) is 6.04 Å². The summed E-state index contributed by atoms with van der Waals surface area (Å²) < 4.78 is 18.7. The number of rotatable bonds is 3. The van der Waals surface area contributed by atoms with Gasteiger partial charge in [-0.25, -0.2) is 0 Å². The average Bonchev–Trinajstić information content (AvgIpc) is 3.60. The van der Waals surface area contributed by atoms with Crippen LogP contribution < -0.4 is 5.32 Å². The molecule has 0 bridgehead atoms. The molecule has 12 rings (SSSR count). The van der Waals surface area contributed by atoms with Gasteiger partial charge in [-0.15, -0.1) is 0 Å². The van der Waals surface area contributed by atoms with Gasteiger partial charge in [0.15, 0.2) is 11.2 Å². The molecule has 7 aromatic carbocycles. The third-order valence-electron chi connectivity index (χ3n) is 12.7. The van der Waals surface area contributed by atoms with Crippen molar-refractivity contribution in [1.29, 1.82) is 5.26 Å². The quantitative estimate of drug-likeness (QED) is 0.182. The molecular weight excluding hydrogens is 725 g/mol. The van der Waals surface area contributed by atoms with Crippen molar-refractivity contribution in [3.05, 3.63) is 144 Å². The molecule has 1 unspecified atom stereocenters. The minimum Gasteiger partial charge on any atom is -0.454 e. The maximum absolute atomic E-state index is 11.8. The third-order valence-corrected chi connectivity index (χ3v) is 12.7. The van der Waals surface area contributed by atoms with E-state index < -0.39 is 10.8 Å². The highest BCUT2D eigenvalue weighted by atomic mass is 16.3. The molecule has 1 saturated heterocycles. The number of para-hydroxylation sites is 4. The Balaban J connectivity index is 1.39. The largest absolute Gasteiger partial charge is 0.454 e. The molecule has 6 nitrogen and oxygen atoms in total. The van der Waals surface area contributed by atoms with Gasteiger partial charge in [0.1, 0.15) is 17.2 Å². The van der Waals surface area contributed by atoms with E-state index in [1.807, 2.05) is 18.2 Å². The molecule has 11 aromatic rings. The Morgan fingerprint density at radius 3 is 1.41 bits per heavy atom. The van der Waals surface area contributed by atoms with Crippen LogP contribution >= 0.6 is 0 Å². The van der Waals surface area contributed by atoms with E-state index in [0.717, 1.165) is 117 Å². The first kappa shape index (κ1) is 34.3. The zero-order chi connectivity index (χ0) is 40.1. The lowest BCUT2D eigenvalue weighted by atomic mass is 9.73. The Morgan fingerprint density at radius 2 is 0.949 bits per heavy atom. The van der Waals surface area contributed by atoms with Crippen LogP contribution in [0.5, 0.6) is 0 Å². The van der Waals surface area contributed by atoms with Crippen molar-refractivity contribution in [2.45, 2.75) is 58.4 Å². The van der Waals surface area contributed by atoms with Crippen molar-refractivity contribution in [2.75, 3.05) is 6.54 Å². The number of furan rings is 2. The molecule has 1 N–H and O–H groups in total. The zero-order valence-corrected chi connectivity index (χ0v) is 34.0. The molecule has 59 heavy (non-hydrogen) atoms. The van der Waals surface area contributed by atoms with E-state index in [4.69, 9.17) is 8.83 Å². The second kappa shape index (κ2) is 11.7. The SMILES string of the molecule is CC(C)(C)c1c(C#N)c(-n2c3ccccc3c3ccc4c5ccccc5oc4c32)c(C(C)(C)C)c(-n2c3ccccc3c3ccc4c5ccccc5oc4c32)c1C1CN1. The van der Waals surface area contributed by atoms with Crippen LogP contribution in [-0.2, 0) is 10.8 Å².